The number of β-amino-alcohol motifs (C(OH)–C–C–N with tert-alkyl or cyclic N) is 1. The Hall–Kier alpha value is -0.910. The number of rotatable bonds is 3. The molecule has 0 bridgehead atoms. The molecule has 0 aromatic heterocycles. The van der Waals surface area contributed by atoms with Crippen LogP contribution >= 0.6 is 15.9 Å². The first kappa shape index (κ1) is 11.6. The van der Waals surface area contributed by atoms with Crippen molar-refractivity contribution in [3.8, 4) is 0 Å². The number of aliphatic imine (C=N–C) groups is 1. The highest BCUT2D eigenvalue weighted by Crippen LogP contribution is 2.27. The van der Waals surface area contributed by atoms with Gasteiger partial charge in [-0.1, -0.05) is 15.9 Å². The molecule has 1 aliphatic heterocycles. The van der Waals surface area contributed by atoms with Gasteiger partial charge in [0, 0.05) is 17.6 Å². The number of hydrogen-bond donors (Lipinski definition) is 2. The summed E-state index contributed by atoms with van der Waals surface area (Å²) in [7, 11) is 0. The molecule has 0 fully saturated rings. The molecule has 0 aliphatic carbocycles. The summed E-state index contributed by atoms with van der Waals surface area (Å²) in [5, 5.41) is 18.1. The zero-order valence-electron chi connectivity index (χ0n) is 8.67. The van der Waals surface area contributed by atoms with Crippen LogP contribution in [-0.2, 0) is 6.54 Å². The van der Waals surface area contributed by atoms with E-state index >= 15 is 0 Å². The van der Waals surface area contributed by atoms with Crippen molar-refractivity contribution in [1.29, 1.82) is 0 Å². The van der Waals surface area contributed by atoms with E-state index in [-0.39, 0.29) is 6.61 Å². The van der Waals surface area contributed by atoms with E-state index in [1.54, 1.807) is 6.34 Å². The maximum Gasteiger partial charge on any atom is 0.0945 e. The summed E-state index contributed by atoms with van der Waals surface area (Å²) in [6.07, 6.45) is 0.981. The molecule has 0 radical (unpaired) electrons. The van der Waals surface area contributed by atoms with Gasteiger partial charge in [-0.3, -0.25) is 0 Å². The topological polar surface area (TPSA) is 56.1 Å². The maximum absolute atomic E-state index is 9.35. The molecule has 2 N–H and O–H groups in total. The summed E-state index contributed by atoms with van der Waals surface area (Å²) in [6, 6.07) is 5.92. The summed E-state index contributed by atoms with van der Waals surface area (Å²) in [5.74, 6) is 0. The van der Waals surface area contributed by atoms with Crippen LogP contribution < -0.4 is 0 Å². The highest BCUT2D eigenvalue weighted by atomic mass is 79.9. The van der Waals surface area contributed by atoms with Crippen LogP contribution in [0, 0.1) is 0 Å². The van der Waals surface area contributed by atoms with Gasteiger partial charge in [-0.25, -0.2) is 4.99 Å². The normalized spacial score (nSPS) is 16.1. The van der Waals surface area contributed by atoms with Crippen LogP contribution in [0.3, 0.4) is 0 Å². The summed E-state index contributed by atoms with van der Waals surface area (Å²) in [6.45, 7) is 0.872. The lowest BCUT2D eigenvalue weighted by molar-refractivity contribution is 0.0757. The zero-order chi connectivity index (χ0) is 11.5. The minimum atomic E-state index is -0.722. The number of nitrogens with zero attached hydrogens (tertiary/aromatic N) is 2. The van der Waals surface area contributed by atoms with Crippen LogP contribution in [0.15, 0.2) is 27.7 Å². The predicted molar refractivity (Wildman–Crippen MR) is 65.8 cm³/mol. The standard InChI is InChI=1S/C11H13BrN2O2/c12-9-1-2-11-8(3-9)4-14(7-13-11)5-10(16)6-15/h1-3,7,10,15-16H,4-6H2. The third kappa shape index (κ3) is 2.61. The third-order valence-corrected chi connectivity index (χ3v) is 2.92. The number of halogens is 1. The molecule has 5 heteroatoms. The van der Waals surface area contributed by atoms with Crippen LogP contribution in [0.1, 0.15) is 5.56 Å². The van der Waals surface area contributed by atoms with Gasteiger partial charge in [0.1, 0.15) is 0 Å². The number of aliphatic hydroxyl groups excluding tert-OH is 2. The van der Waals surface area contributed by atoms with Gasteiger partial charge in [-0.05, 0) is 23.8 Å². The van der Waals surface area contributed by atoms with Crippen molar-refractivity contribution in [1.82, 2.24) is 4.90 Å². The molecule has 0 saturated heterocycles. The van der Waals surface area contributed by atoms with Crippen LogP contribution in [-0.4, -0.2) is 40.7 Å². The van der Waals surface area contributed by atoms with E-state index in [1.165, 1.54) is 0 Å². The Balaban J connectivity index is 2.11. The number of benzene rings is 1. The minimum absolute atomic E-state index is 0.227. The minimum Gasteiger partial charge on any atom is -0.394 e. The third-order valence-electron chi connectivity index (χ3n) is 2.43. The van der Waals surface area contributed by atoms with Crippen molar-refractivity contribution in [2.45, 2.75) is 12.6 Å². The second-order valence-electron chi connectivity index (χ2n) is 3.78. The van der Waals surface area contributed by atoms with Crippen molar-refractivity contribution < 1.29 is 10.2 Å². The lowest BCUT2D eigenvalue weighted by Gasteiger charge is -2.26. The number of aliphatic hydroxyl groups is 2. The van der Waals surface area contributed by atoms with Crippen LogP contribution in [0.5, 0.6) is 0 Å². The molecular weight excluding hydrogens is 272 g/mol. The first-order valence-electron chi connectivity index (χ1n) is 5.04. The van der Waals surface area contributed by atoms with E-state index in [2.05, 4.69) is 20.9 Å². The fourth-order valence-corrected chi connectivity index (χ4v) is 2.06. The largest absolute Gasteiger partial charge is 0.394 e. The Bertz CT molecular complexity index is 409. The van der Waals surface area contributed by atoms with Crippen molar-refractivity contribution in [3.05, 3.63) is 28.2 Å². The average Bonchev–Trinajstić information content (AvgIpc) is 2.28. The number of hydrogen-bond acceptors (Lipinski definition) is 4. The Morgan fingerprint density at radius 2 is 2.31 bits per heavy atom. The molecule has 0 amide bonds. The van der Waals surface area contributed by atoms with Gasteiger partial charge in [-0.2, -0.15) is 0 Å². The lowest BCUT2D eigenvalue weighted by atomic mass is 10.1. The van der Waals surface area contributed by atoms with Gasteiger partial charge < -0.3 is 15.1 Å². The monoisotopic (exact) mass is 284 g/mol. The van der Waals surface area contributed by atoms with E-state index in [4.69, 9.17) is 5.11 Å². The van der Waals surface area contributed by atoms with E-state index in [9.17, 15) is 5.11 Å². The molecule has 1 aromatic carbocycles. The smallest absolute Gasteiger partial charge is 0.0945 e. The highest BCUT2D eigenvalue weighted by molar-refractivity contribution is 9.10. The van der Waals surface area contributed by atoms with Crippen LogP contribution in [0.4, 0.5) is 5.69 Å². The fraction of sp³-hybridized carbons (Fsp3) is 0.364. The molecule has 1 heterocycles. The Labute approximate surface area is 102 Å². The fourth-order valence-electron chi connectivity index (χ4n) is 1.65. The lowest BCUT2D eigenvalue weighted by Crippen LogP contribution is -2.34. The quantitative estimate of drug-likeness (QED) is 0.879. The SMILES string of the molecule is OCC(O)CN1C=Nc2ccc(Br)cc2C1. The second-order valence-corrected chi connectivity index (χ2v) is 4.70. The van der Waals surface area contributed by atoms with E-state index in [0.717, 1.165) is 15.7 Å². The molecule has 4 nitrogen and oxygen atoms in total. The molecule has 0 spiro atoms. The Kier molecular flexibility index (Phi) is 3.58. The van der Waals surface area contributed by atoms with Gasteiger partial charge in [0.2, 0.25) is 0 Å². The summed E-state index contributed by atoms with van der Waals surface area (Å²) >= 11 is 3.42. The summed E-state index contributed by atoms with van der Waals surface area (Å²) in [4.78, 5) is 6.17. The van der Waals surface area contributed by atoms with Crippen molar-refractivity contribution in [3.63, 3.8) is 0 Å². The molecular formula is C11H13BrN2O2. The molecule has 16 heavy (non-hydrogen) atoms. The second kappa shape index (κ2) is 4.95. The van der Waals surface area contributed by atoms with Crippen molar-refractivity contribution in [2.75, 3.05) is 13.2 Å². The molecule has 0 saturated carbocycles. The van der Waals surface area contributed by atoms with E-state index in [0.29, 0.717) is 13.1 Å². The summed E-state index contributed by atoms with van der Waals surface area (Å²) in [5.41, 5.74) is 2.07. The molecule has 1 aliphatic rings. The van der Waals surface area contributed by atoms with Gasteiger partial charge >= 0.3 is 0 Å². The van der Waals surface area contributed by atoms with Crippen LogP contribution in [0.2, 0.25) is 0 Å². The number of fused-ring (bicyclic) bond motifs is 1. The van der Waals surface area contributed by atoms with E-state index < -0.39 is 6.10 Å². The van der Waals surface area contributed by atoms with Gasteiger partial charge in [-0.15, -0.1) is 0 Å². The van der Waals surface area contributed by atoms with Crippen molar-refractivity contribution >= 4 is 28.0 Å². The van der Waals surface area contributed by atoms with Gasteiger partial charge in [0.25, 0.3) is 0 Å². The van der Waals surface area contributed by atoms with E-state index in [1.807, 2.05) is 23.1 Å². The molecule has 86 valence electrons. The summed E-state index contributed by atoms with van der Waals surface area (Å²) < 4.78 is 1.02. The first-order chi connectivity index (χ1) is 7.69. The predicted octanol–water partition coefficient (Wildman–Crippen LogP) is 1.28. The Morgan fingerprint density at radius 1 is 1.50 bits per heavy atom. The Morgan fingerprint density at radius 3 is 3.06 bits per heavy atom. The molecule has 2 rings (SSSR count). The zero-order valence-corrected chi connectivity index (χ0v) is 10.3. The first-order valence-corrected chi connectivity index (χ1v) is 5.84. The molecule has 1 unspecified atom stereocenters. The maximum atomic E-state index is 9.35. The van der Waals surface area contributed by atoms with Gasteiger partial charge in [0.15, 0.2) is 0 Å². The van der Waals surface area contributed by atoms with Crippen molar-refractivity contribution in [2.24, 2.45) is 4.99 Å². The molecule has 1 aromatic rings. The average molecular weight is 285 g/mol. The van der Waals surface area contributed by atoms with Crippen LogP contribution in [0.25, 0.3) is 0 Å². The van der Waals surface area contributed by atoms with Gasteiger partial charge in [0.05, 0.1) is 24.7 Å². The molecule has 1 atom stereocenters. The highest BCUT2D eigenvalue weighted by Gasteiger charge is 2.14.